The standard InChI is InChI=1S/C12H16ClFO/c1-5-12(2,3)8-6-7-9(13)11(15-4)10(8)14/h6-7H,5H2,1-4H3. The summed E-state index contributed by atoms with van der Waals surface area (Å²) in [6.45, 7) is 6.03. The highest BCUT2D eigenvalue weighted by Gasteiger charge is 2.25. The van der Waals surface area contributed by atoms with E-state index in [1.165, 1.54) is 7.11 Å². The summed E-state index contributed by atoms with van der Waals surface area (Å²) in [5.74, 6) is -0.215. The highest BCUT2D eigenvalue weighted by molar-refractivity contribution is 6.32. The molecule has 0 aliphatic rings. The Morgan fingerprint density at radius 1 is 1.40 bits per heavy atom. The predicted octanol–water partition coefficient (Wildman–Crippen LogP) is 4.18. The maximum atomic E-state index is 14.0. The van der Waals surface area contributed by atoms with E-state index in [2.05, 4.69) is 0 Å². The largest absolute Gasteiger partial charge is 0.492 e. The Kier molecular flexibility index (Phi) is 3.61. The van der Waals surface area contributed by atoms with Crippen molar-refractivity contribution < 1.29 is 9.13 Å². The lowest BCUT2D eigenvalue weighted by Crippen LogP contribution is -2.17. The van der Waals surface area contributed by atoms with Crippen LogP contribution < -0.4 is 4.74 Å². The number of hydrogen-bond acceptors (Lipinski definition) is 1. The third kappa shape index (κ3) is 2.25. The summed E-state index contributed by atoms with van der Waals surface area (Å²) in [5, 5.41) is 0.311. The maximum absolute atomic E-state index is 14.0. The first-order chi connectivity index (χ1) is 6.94. The molecule has 3 heteroatoms. The van der Waals surface area contributed by atoms with Crippen molar-refractivity contribution in [3.8, 4) is 5.75 Å². The van der Waals surface area contributed by atoms with Crippen molar-refractivity contribution in [2.75, 3.05) is 7.11 Å². The fraction of sp³-hybridized carbons (Fsp3) is 0.500. The van der Waals surface area contributed by atoms with E-state index in [1.54, 1.807) is 12.1 Å². The van der Waals surface area contributed by atoms with Gasteiger partial charge in [-0.2, -0.15) is 0 Å². The summed E-state index contributed by atoms with van der Waals surface area (Å²) in [5.41, 5.74) is 0.438. The van der Waals surface area contributed by atoms with Crippen LogP contribution >= 0.6 is 11.6 Å². The molecule has 0 fully saturated rings. The first kappa shape index (κ1) is 12.3. The molecule has 0 amide bonds. The van der Waals surface area contributed by atoms with Crippen molar-refractivity contribution in [1.82, 2.24) is 0 Å². The molecular weight excluding hydrogens is 215 g/mol. The molecule has 0 radical (unpaired) electrons. The lowest BCUT2D eigenvalue weighted by Gasteiger charge is -2.24. The van der Waals surface area contributed by atoms with Crippen molar-refractivity contribution in [3.05, 3.63) is 28.5 Å². The molecule has 0 bridgehead atoms. The Balaban J connectivity index is 3.34. The fourth-order valence-corrected chi connectivity index (χ4v) is 1.66. The van der Waals surface area contributed by atoms with Crippen LogP contribution in [0.3, 0.4) is 0 Å². The van der Waals surface area contributed by atoms with Gasteiger partial charge in [0.1, 0.15) is 0 Å². The minimum Gasteiger partial charge on any atom is -0.492 e. The smallest absolute Gasteiger partial charge is 0.173 e. The van der Waals surface area contributed by atoms with Gasteiger partial charge in [-0.1, -0.05) is 38.4 Å². The second-order valence-electron chi connectivity index (χ2n) is 4.18. The van der Waals surface area contributed by atoms with E-state index in [-0.39, 0.29) is 17.0 Å². The summed E-state index contributed by atoms with van der Waals surface area (Å²) in [6.07, 6.45) is 0.856. The number of hydrogen-bond donors (Lipinski definition) is 0. The zero-order valence-corrected chi connectivity index (χ0v) is 10.3. The molecule has 0 unspecified atom stereocenters. The van der Waals surface area contributed by atoms with E-state index < -0.39 is 0 Å². The average molecular weight is 231 g/mol. The molecule has 0 atom stereocenters. The topological polar surface area (TPSA) is 9.23 Å². The minimum atomic E-state index is -0.350. The van der Waals surface area contributed by atoms with Gasteiger partial charge in [-0.05, 0) is 23.5 Å². The van der Waals surface area contributed by atoms with Gasteiger partial charge in [0.25, 0.3) is 0 Å². The van der Waals surface area contributed by atoms with Crippen LogP contribution in [0.4, 0.5) is 4.39 Å². The third-order valence-electron chi connectivity index (χ3n) is 2.87. The van der Waals surface area contributed by atoms with Crippen LogP contribution in [0.1, 0.15) is 32.8 Å². The number of ether oxygens (including phenoxy) is 1. The van der Waals surface area contributed by atoms with Crippen LogP contribution in [0.25, 0.3) is 0 Å². The second-order valence-corrected chi connectivity index (χ2v) is 4.59. The molecule has 1 nitrogen and oxygen atoms in total. The Hall–Kier alpha value is -0.760. The zero-order valence-electron chi connectivity index (χ0n) is 9.53. The van der Waals surface area contributed by atoms with E-state index in [0.29, 0.717) is 10.6 Å². The van der Waals surface area contributed by atoms with Crippen molar-refractivity contribution in [2.45, 2.75) is 32.6 Å². The summed E-state index contributed by atoms with van der Waals surface area (Å²) in [7, 11) is 1.42. The van der Waals surface area contributed by atoms with Crippen LogP contribution in [-0.2, 0) is 5.41 Å². The molecule has 0 saturated carbocycles. The average Bonchev–Trinajstić information content (AvgIpc) is 2.18. The van der Waals surface area contributed by atoms with E-state index in [4.69, 9.17) is 16.3 Å². The van der Waals surface area contributed by atoms with E-state index >= 15 is 0 Å². The van der Waals surface area contributed by atoms with Crippen LogP contribution in [0.2, 0.25) is 5.02 Å². The van der Waals surface area contributed by atoms with Gasteiger partial charge in [-0.3, -0.25) is 0 Å². The molecule has 0 saturated heterocycles. The normalized spacial score (nSPS) is 11.6. The fourth-order valence-electron chi connectivity index (χ4n) is 1.43. The Labute approximate surface area is 95.2 Å². The molecule has 1 rings (SSSR count). The second kappa shape index (κ2) is 4.40. The lowest BCUT2D eigenvalue weighted by molar-refractivity contribution is 0.374. The van der Waals surface area contributed by atoms with Gasteiger partial charge < -0.3 is 4.74 Å². The minimum absolute atomic E-state index is 0.135. The van der Waals surface area contributed by atoms with Gasteiger partial charge in [0.15, 0.2) is 11.6 Å². The van der Waals surface area contributed by atoms with Crippen molar-refractivity contribution >= 4 is 11.6 Å². The molecule has 0 spiro atoms. The molecule has 0 aliphatic carbocycles. The summed E-state index contributed by atoms with van der Waals surface area (Å²) in [6, 6.07) is 3.40. The van der Waals surface area contributed by atoms with Crippen molar-refractivity contribution in [2.24, 2.45) is 0 Å². The van der Waals surface area contributed by atoms with Crippen molar-refractivity contribution in [3.63, 3.8) is 0 Å². The Bertz CT molecular complexity index is 361. The maximum Gasteiger partial charge on any atom is 0.173 e. The van der Waals surface area contributed by atoms with E-state index in [0.717, 1.165) is 6.42 Å². The quantitative estimate of drug-likeness (QED) is 0.757. The monoisotopic (exact) mass is 230 g/mol. The molecule has 1 aromatic carbocycles. The van der Waals surface area contributed by atoms with E-state index in [9.17, 15) is 4.39 Å². The molecule has 0 N–H and O–H groups in total. The van der Waals surface area contributed by atoms with Gasteiger partial charge >= 0.3 is 0 Å². The summed E-state index contributed by atoms with van der Waals surface area (Å²) in [4.78, 5) is 0. The first-order valence-electron chi connectivity index (χ1n) is 4.96. The van der Waals surface area contributed by atoms with Gasteiger partial charge in [0, 0.05) is 0 Å². The third-order valence-corrected chi connectivity index (χ3v) is 3.16. The van der Waals surface area contributed by atoms with Crippen LogP contribution in [0.15, 0.2) is 12.1 Å². The number of methoxy groups -OCH3 is 1. The first-order valence-corrected chi connectivity index (χ1v) is 5.34. The van der Waals surface area contributed by atoms with Gasteiger partial charge in [-0.25, -0.2) is 4.39 Å². The molecule has 0 aliphatic heterocycles. The molecular formula is C12H16ClFO. The van der Waals surface area contributed by atoms with Crippen LogP contribution in [0, 0.1) is 5.82 Å². The summed E-state index contributed by atoms with van der Waals surface area (Å²) < 4.78 is 19.0. The highest BCUT2D eigenvalue weighted by atomic mass is 35.5. The van der Waals surface area contributed by atoms with Crippen LogP contribution in [-0.4, -0.2) is 7.11 Å². The molecule has 0 aromatic heterocycles. The van der Waals surface area contributed by atoms with Gasteiger partial charge in [0.05, 0.1) is 12.1 Å². The van der Waals surface area contributed by atoms with Gasteiger partial charge in [-0.15, -0.1) is 0 Å². The number of benzene rings is 1. The van der Waals surface area contributed by atoms with E-state index in [1.807, 2.05) is 20.8 Å². The zero-order chi connectivity index (χ0) is 11.6. The van der Waals surface area contributed by atoms with Crippen molar-refractivity contribution in [1.29, 1.82) is 0 Å². The molecule has 1 aromatic rings. The highest BCUT2D eigenvalue weighted by Crippen LogP contribution is 2.36. The Morgan fingerprint density at radius 3 is 2.47 bits per heavy atom. The number of rotatable bonds is 3. The molecule has 15 heavy (non-hydrogen) atoms. The number of halogens is 2. The molecule has 0 heterocycles. The summed E-state index contributed by atoms with van der Waals surface area (Å²) >= 11 is 5.83. The predicted molar refractivity (Wildman–Crippen MR) is 61.3 cm³/mol. The van der Waals surface area contributed by atoms with Gasteiger partial charge in [0.2, 0.25) is 0 Å². The lowest BCUT2D eigenvalue weighted by atomic mass is 9.82. The molecule has 84 valence electrons. The van der Waals surface area contributed by atoms with Crippen LogP contribution in [0.5, 0.6) is 5.75 Å². The Morgan fingerprint density at radius 2 is 2.00 bits per heavy atom. The SMILES string of the molecule is CCC(C)(C)c1ccc(Cl)c(OC)c1F.